The van der Waals surface area contributed by atoms with Crippen molar-refractivity contribution in [3.8, 4) is 5.75 Å². The molecule has 2 aliphatic heterocycles. The SMILES string of the molecule is CS(=O)c1cccc(C(=O)N2CC[C@@H](N3CCC(Oc4ccc(Cl)c(Cl)c4)CC3)[C@H](C(=O)O)C2)c1. The summed E-state index contributed by atoms with van der Waals surface area (Å²) in [7, 11) is -1.20. The van der Waals surface area contributed by atoms with Gasteiger partial charge in [-0.3, -0.25) is 18.7 Å². The van der Waals surface area contributed by atoms with E-state index in [1.807, 2.05) is 0 Å². The van der Waals surface area contributed by atoms with Crippen LogP contribution in [0.4, 0.5) is 0 Å². The molecular formula is C25H28Cl2N2O5S. The maximum absolute atomic E-state index is 13.1. The number of amides is 1. The molecule has 188 valence electrons. The summed E-state index contributed by atoms with van der Waals surface area (Å²) < 4.78 is 17.9. The zero-order valence-corrected chi connectivity index (χ0v) is 21.7. The molecule has 2 fully saturated rings. The van der Waals surface area contributed by atoms with E-state index in [0.29, 0.717) is 39.2 Å². The van der Waals surface area contributed by atoms with Crippen molar-refractivity contribution in [3.63, 3.8) is 0 Å². The minimum atomic E-state index is -1.20. The van der Waals surface area contributed by atoms with Crippen LogP contribution in [0.1, 0.15) is 29.6 Å². The van der Waals surface area contributed by atoms with Crippen LogP contribution in [-0.2, 0) is 15.6 Å². The predicted molar refractivity (Wildman–Crippen MR) is 136 cm³/mol. The van der Waals surface area contributed by atoms with Gasteiger partial charge in [0.05, 0.1) is 16.0 Å². The van der Waals surface area contributed by atoms with E-state index in [4.69, 9.17) is 27.9 Å². The van der Waals surface area contributed by atoms with Crippen molar-refractivity contribution in [1.82, 2.24) is 9.80 Å². The number of aliphatic carboxylic acids is 1. The van der Waals surface area contributed by atoms with Crippen LogP contribution < -0.4 is 4.74 Å². The first-order valence-electron chi connectivity index (χ1n) is 11.5. The van der Waals surface area contributed by atoms with Crippen molar-refractivity contribution in [2.24, 2.45) is 5.92 Å². The molecule has 2 aliphatic rings. The molecule has 0 bridgehead atoms. The molecule has 2 aromatic rings. The monoisotopic (exact) mass is 538 g/mol. The number of rotatable bonds is 6. The molecule has 7 nitrogen and oxygen atoms in total. The van der Waals surface area contributed by atoms with Crippen LogP contribution in [-0.4, -0.2) is 75.6 Å². The van der Waals surface area contributed by atoms with Gasteiger partial charge in [-0.1, -0.05) is 29.3 Å². The number of benzene rings is 2. The van der Waals surface area contributed by atoms with Gasteiger partial charge >= 0.3 is 5.97 Å². The average Bonchev–Trinajstić information content (AvgIpc) is 2.86. The van der Waals surface area contributed by atoms with Crippen LogP contribution in [0.5, 0.6) is 5.75 Å². The average molecular weight is 539 g/mol. The lowest BCUT2D eigenvalue weighted by atomic mass is 9.88. The fraction of sp³-hybridized carbons (Fsp3) is 0.440. The number of hydrogen-bond acceptors (Lipinski definition) is 5. The second kappa shape index (κ2) is 11.3. The minimum Gasteiger partial charge on any atom is -0.490 e. The van der Waals surface area contributed by atoms with Crippen molar-refractivity contribution in [2.75, 3.05) is 32.4 Å². The molecule has 1 unspecified atom stereocenters. The molecule has 3 atom stereocenters. The topological polar surface area (TPSA) is 87.2 Å². The van der Waals surface area contributed by atoms with E-state index in [1.54, 1.807) is 53.6 Å². The summed E-state index contributed by atoms with van der Waals surface area (Å²) in [6.07, 6.45) is 3.71. The smallest absolute Gasteiger partial charge is 0.309 e. The zero-order valence-electron chi connectivity index (χ0n) is 19.4. The lowest BCUT2D eigenvalue weighted by Gasteiger charge is -2.44. The first-order chi connectivity index (χ1) is 16.7. The highest BCUT2D eigenvalue weighted by atomic mass is 35.5. The Morgan fingerprint density at radius 1 is 1.03 bits per heavy atom. The Morgan fingerprint density at radius 3 is 2.43 bits per heavy atom. The quantitative estimate of drug-likeness (QED) is 0.593. The van der Waals surface area contributed by atoms with Gasteiger partial charge in [-0.05, 0) is 49.6 Å². The number of halogens is 2. The van der Waals surface area contributed by atoms with Crippen molar-refractivity contribution in [3.05, 3.63) is 58.1 Å². The Hall–Kier alpha value is -2.13. The van der Waals surface area contributed by atoms with Crippen molar-refractivity contribution in [1.29, 1.82) is 0 Å². The molecule has 0 saturated carbocycles. The summed E-state index contributed by atoms with van der Waals surface area (Å²) in [6, 6.07) is 11.8. The summed E-state index contributed by atoms with van der Waals surface area (Å²) in [5.41, 5.74) is 0.431. The molecule has 2 heterocycles. The minimum absolute atomic E-state index is 0.0184. The molecule has 2 aromatic carbocycles. The molecule has 0 aromatic heterocycles. The summed E-state index contributed by atoms with van der Waals surface area (Å²) >= 11 is 12.1. The molecule has 0 spiro atoms. The van der Waals surface area contributed by atoms with Gasteiger partial charge in [-0.2, -0.15) is 0 Å². The number of hydrogen-bond donors (Lipinski definition) is 1. The third kappa shape index (κ3) is 6.17. The van der Waals surface area contributed by atoms with Gasteiger partial charge in [0.25, 0.3) is 5.91 Å². The van der Waals surface area contributed by atoms with Crippen molar-refractivity contribution in [2.45, 2.75) is 36.3 Å². The maximum atomic E-state index is 13.1. The van der Waals surface area contributed by atoms with Gasteiger partial charge in [0.15, 0.2) is 0 Å². The summed E-state index contributed by atoms with van der Waals surface area (Å²) in [6.45, 7) is 2.07. The van der Waals surface area contributed by atoms with Gasteiger partial charge < -0.3 is 14.7 Å². The van der Waals surface area contributed by atoms with E-state index in [9.17, 15) is 18.9 Å². The zero-order chi connectivity index (χ0) is 25.1. The molecule has 1 amide bonds. The Kier molecular flexibility index (Phi) is 8.37. The van der Waals surface area contributed by atoms with Crippen LogP contribution in [0.25, 0.3) is 0 Å². The standard InChI is InChI=1S/C25H28Cl2N2O5S/c1-35(33)19-4-2-3-16(13-19)24(30)29-12-9-23(20(15-29)25(31)32)28-10-7-17(8-11-28)34-18-5-6-21(26)22(27)14-18/h2-6,13-14,17,20,23H,7-12,15H2,1H3,(H,31,32)/t20-,23-,35?/m1/s1. The summed E-state index contributed by atoms with van der Waals surface area (Å²) in [4.78, 5) is 29.6. The lowest BCUT2D eigenvalue weighted by Crippen LogP contribution is -2.56. The summed E-state index contributed by atoms with van der Waals surface area (Å²) in [5.74, 6) is -1.13. The van der Waals surface area contributed by atoms with Crippen LogP contribution in [0.2, 0.25) is 10.0 Å². The van der Waals surface area contributed by atoms with Crippen LogP contribution >= 0.6 is 23.2 Å². The maximum Gasteiger partial charge on any atom is 0.309 e. The van der Waals surface area contributed by atoms with E-state index < -0.39 is 22.7 Å². The molecule has 0 radical (unpaired) electrons. The second-order valence-corrected chi connectivity index (χ2v) is 11.2. The Morgan fingerprint density at radius 2 is 1.77 bits per heavy atom. The van der Waals surface area contributed by atoms with E-state index in [2.05, 4.69) is 4.90 Å². The molecule has 35 heavy (non-hydrogen) atoms. The predicted octanol–water partition coefficient (Wildman–Crippen LogP) is 4.19. The largest absolute Gasteiger partial charge is 0.490 e. The van der Waals surface area contributed by atoms with Crippen LogP contribution in [0.3, 0.4) is 0 Å². The number of ether oxygens (including phenoxy) is 1. The Balaban J connectivity index is 1.37. The van der Waals surface area contributed by atoms with E-state index in [-0.39, 0.29) is 24.6 Å². The number of nitrogens with zero attached hydrogens (tertiary/aromatic N) is 2. The van der Waals surface area contributed by atoms with E-state index >= 15 is 0 Å². The molecule has 2 saturated heterocycles. The third-order valence-electron chi connectivity index (χ3n) is 6.73. The van der Waals surface area contributed by atoms with Gasteiger partial charge in [0.2, 0.25) is 0 Å². The van der Waals surface area contributed by atoms with Gasteiger partial charge in [-0.15, -0.1) is 0 Å². The van der Waals surface area contributed by atoms with Crippen molar-refractivity contribution < 1.29 is 23.6 Å². The molecule has 0 aliphatic carbocycles. The second-order valence-electron chi connectivity index (χ2n) is 8.96. The number of carbonyl (C=O) groups is 2. The first kappa shape index (κ1) is 25.9. The fourth-order valence-electron chi connectivity index (χ4n) is 4.86. The molecule has 10 heteroatoms. The highest BCUT2D eigenvalue weighted by molar-refractivity contribution is 7.84. The van der Waals surface area contributed by atoms with Crippen molar-refractivity contribution >= 4 is 45.9 Å². The number of carbonyl (C=O) groups excluding carboxylic acids is 1. The molecule has 1 N–H and O–H groups in total. The third-order valence-corrected chi connectivity index (χ3v) is 8.39. The summed E-state index contributed by atoms with van der Waals surface area (Å²) in [5, 5.41) is 10.9. The Bertz CT molecular complexity index is 1120. The van der Waals surface area contributed by atoms with E-state index in [1.165, 1.54) is 0 Å². The van der Waals surface area contributed by atoms with E-state index in [0.717, 1.165) is 25.9 Å². The lowest BCUT2D eigenvalue weighted by molar-refractivity contribution is -0.146. The Labute approximate surface area is 217 Å². The number of likely N-dealkylation sites (tertiary alicyclic amines) is 2. The number of carboxylic acids is 1. The van der Waals surface area contributed by atoms with Crippen LogP contribution in [0.15, 0.2) is 47.4 Å². The highest BCUT2D eigenvalue weighted by Gasteiger charge is 2.40. The molecule has 4 rings (SSSR count). The van der Waals surface area contributed by atoms with Gasteiger partial charge in [0, 0.05) is 65.8 Å². The van der Waals surface area contributed by atoms with Gasteiger partial charge in [0.1, 0.15) is 11.9 Å². The van der Waals surface area contributed by atoms with Crippen LogP contribution in [0, 0.1) is 5.92 Å². The molecular weight excluding hydrogens is 511 g/mol. The first-order valence-corrected chi connectivity index (χ1v) is 13.9. The highest BCUT2D eigenvalue weighted by Crippen LogP contribution is 2.30. The normalized spacial score (nSPS) is 22.5. The van der Waals surface area contributed by atoms with Gasteiger partial charge in [-0.25, -0.2) is 0 Å². The number of carboxylic acid groups (broad SMARTS) is 1. The fourth-order valence-corrected chi connectivity index (χ4v) is 5.71. The number of piperidine rings is 2.